The SMILES string of the molecule is Cc1ccc(Oc2c(F)cccc2CO)c(Cl)c1. The van der Waals surface area contributed by atoms with E-state index in [9.17, 15) is 4.39 Å². The van der Waals surface area contributed by atoms with Gasteiger partial charge >= 0.3 is 0 Å². The van der Waals surface area contributed by atoms with E-state index >= 15 is 0 Å². The van der Waals surface area contributed by atoms with Crippen molar-refractivity contribution in [2.75, 3.05) is 0 Å². The van der Waals surface area contributed by atoms with Crippen molar-refractivity contribution in [3.63, 3.8) is 0 Å². The summed E-state index contributed by atoms with van der Waals surface area (Å²) < 4.78 is 19.1. The van der Waals surface area contributed by atoms with Crippen LogP contribution in [0.25, 0.3) is 0 Å². The van der Waals surface area contributed by atoms with Crippen LogP contribution >= 0.6 is 11.6 Å². The normalized spacial score (nSPS) is 10.4. The van der Waals surface area contributed by atoms with Gasteiger partial charge in [0.2, 0.25) is 0 Å². The summed E-state index contributed by atoms with van der Waals surface area (Å²) >= 11 is 6.02. The second-order valence-corrected chi connectivity index (χ2v) is 4.33. The average Bonchev–Trinajstić information content (AvgIpc) is 2.34. The first kappa shape index (κ1) is 12.9. The molecule has 0 saturated carbocycles. The zero-order valence-electron chi connectivity index (χ0n) is 9.78. The zero-order valence-corrected chi connectivity index (χ0v) is 10.5. The maximum atomic E-state index is 13.7. The van der Waals surface area contributed by atoms with E-state index in [-0.39, 0.29) is 12.4 Å². The molecule has 0 radical (unpaired) electrons. The zero-order chi connectivity index (χ0) is 13.1. The Balaban J connectivity index is 2.39. The van der Waals surface area contributed by atoms with Crippen LogP contribution in [0.2, 0.25) is 5.02 Å². The van der Waals surface area contributed by atoms with Crippen LogP contribution in [-0.4, -0.2) is 5.11 Å². The van der Waals surface area contributed by atoms with E-state index in [0.29, 0.717) is 16.3 Å². The molecule has 0 unspecified atom stereocenters. The summed E-state index contributed by atoms with van der Waals surface area (Å²) in [5.41, 5.74) is 1.37. The highest BCUT2D eigenvalue weighted by Gasteiger charge is 2.12. The van der Waals surface area contributed by atoms with Gasteiger partial charge in [-0.15, -0.1) is 0 Å². The van der Waals surface area contributed by atoms with Gasteiger partial charge < -0.3 is 9.84 Å². The molecule has 94 valence electrons. The van der Waals surface area contributed by atoms with E-state index in [0.717, 1.165) is 5.56 Å². The van der Waals surface area contributed by atoms with Gasteiger partial charge in [-0.25, -0.2) is 4.39 Å². The molecule has 0 aromatic heterocycles. The minimum Gasteiger partial charge on any atom is -0.452 e. The van der Waals surface area contributed by atoms with E-state index in [1.165, 1.54) is 12.1 Å². The van der Waals surface area contributed by atoms with Crippen molar-refractivity contribution in [3.05, 3.63) is 58.4 Å². The lowest BCUT2D eigenvalue weighted by molar-refractivity contribution is 0.274. The van der Waals surface area contributed by atoms with Gasteiger partial charge in [0.25, 0.3) is 0 Å². The summed E-state index contributed by atoms with van der Waals surface area (Å²) in [4.78, 5) is 0. The standard InChI is InChI=1S/C14H12ClFO2/c1-9-5-6-13(11(15)7-9)18-14-10(8-17)3-2-4-12(14)16/h2-7,17H,8H2,1H3. The lowest BCUT2D eigenvalue weighted by Gasteiger charge is -2.12. The first-order valence-electron chi connectivity index (χ1n) is 5.44. The molecule has 0 aliphatic heterocycles. The summed E-state index contributed by atoms with van der Waals surface area (Å²) in [6, 6.07) is 9.61. The lowest BCUT2D eigenvalue weighted by Crippen LogP contribution is -1.95. The van der Waals surface area contributed by atoms with E-state index < -0.39 is 5.82 Å². The number of ether oxygens (including phenoxy) is 1. The van der Waals surface area contributed by atoms with Crippen molar-refractivity contribution in [3.8, 4) is 11.5 Å². The van der Waals surface area contributed by atoms with Gasteiger partial charge in [-0.05, 0) is 30.7 Å². The van der Waals surface area contributed by atoms with Gasteiger partial charge in [0.15, 0.2) is 11.6 Å². The van der Waals surface area contributed by atoms with E-state index in [2.05, 4.69) is 0 Å². The van der Waals surface area contributed by atoms with Crippen LogP contribution in [0, 0.1) is 12.7 Å². The molecule has 2 aromatic carbocycles. The molecule has 0 aliphatic carbocycles. The predicted octanol–water partition coefficient (Wildman–Crippen LogP) is 4.07. The van der Waals surface area contributed by atoms with Gasteiger partial charge in [-0.1, -0.05) is 29.8 Å². The minimum absolute atomic E-state index is 0.00533. The lowest BCUT2D eigenvalue weighted by atomic mass is 10.2. The second-order valence-electron chi connectivity index (χ2n) is 3.92. The molecule has 4 heteroatoms. The molecule has 0 heterocycles. The molecule has 0 saturated heterocycles. The van der Waals surface area contributed by atoms with Crippen molar-refractivity contribution in [2.45, 2.75) is 13.5 Å². The van der Waals surface area contributed by atoms with Gasteiger partial charge in [0, 0.05) is 5.56 Å². The van der Waals surface area contributed by atoms with Crippen LogP contribution in [0.5, 0.6) is 11.5 Å². The number of hydrogen-bond donors (Lipinski definition) is 1. The smallest absolute Gasteiger partial charge is 0.168 e. The second kappa shape index (κ2) is 5.38. The fourth-order valence-corrected chi connectivity index (χ4v) is 1.86. The van der Waals surface area contributed by atoms with Crippen LogP contribution in [-0.2, 0) is 6.61 Å². The molecule has 0 fully saturated rings. The highest BCUT2D eigenvalue weighted by Crippen LogP contribution is 2.33. The molecule has 0 aliphatic rings. The maximum absolute atomic E-state index is 13.7. The van der Waals surface area contributed by atoms with Crippen molar-refractivity contribution in [1.29, 1.82) is 0 Å². The Morgan fingerprint density at radius 2 is 2.06 bits per heavy atom. The number of aliphatic hydroxyl groups is 1. The Morgan fingerprint density at radius 1 is 1.28 bits per heavy atom. The number of rotatable bonds is 3. The van der Waals surface area contributed by atoms with Crippen LogP contribution in [0.1, 0.15) is 11.1 Å². The summed E-state index contributed by atoms with van der Waals surface area (Å²) in [5.74, 6) is -0.161. The van der Waals surface area contributed by atoms with Gasteiger partial charge in [-0.3, -0.25) is 0 Å². The van der Waals surface area contributed by atoms with Gasteiger partial charge in [0.1, 0.15) is 5.75 Å². The number of para-hydroxylation sites is 1. The van der Waals surface area contributed by atoms with Crippen molar-refractivity contribution in [2.24, 2.45) is 0 Å². The molecule has 18 heavy (non-hydrogen) atoms. The molecule has 2 rings (SSSR count). The summed E-state index contributed by atoms with van der Waals surface area (Å²) in [6.07, 6.45) is 0. The maximum Gasteiger partial charge on any atom is 0.168 e. The van der Waals surface area contributed by atoms with Crippen LogP contribution in [0.4, 0.5) is 4.39 Å². The third-order valence-electron chi connectivity index (χ3n) is 2.52. The van der Waals surface area contributed by atoms with Crippen molar-refractivity contribution in [1.82, 2.24) is 0 Å². The molecule has 0 spiro atoms. The molecule has 0 atom stereocenters. The summed E-state index contributed by atoms with van der Waals surface area (Å²) in [6.45, 7) is 1.61. The topological polar surface area (TPSA) is 29.5 Å². The Morgan fingerprint density at radius 3 is 2.72 bits per heavy atom. The minimum atomic E-state index is -0.529. The molecule has 2 nitrogen and oxygen atoms in total. The van der Waals surface area contributed by atoms with Crippen LogP contribution in [0.15, 0.2) is 36.4 Å². The Kier molecular flexibility index (Phi) is 3.84. The molecular weight excluding hydrogens is 255 g/mol. The molecule has 0 bridgehead atoms. The molecule has 1 N–H and O–H groups in total. The number of aliphatic hydroxyl groups excluding tert-OH is 1. The van der Waals surface area contributed by atoms with E-state index in [1.54, 1.807) is 18.2 Å². The van der Waals surface area contributed by atoms with Crippen LogP contribution in [0.3, 0.4) is 0 Å². The van der Waals surface area contributed by atoms with Gasteiger partial charge in [0.05, 0.1) is 11.6 Å². The molecular formula is C14H12ClFO2. The largest absolute Gasteiger partial charge is 0.452 e. The number of halogens is 2. The van der Waals surface area contributed by atoms with Crippen LogP contribution < -0.4 is 4.74 Å². The third-order valence-corrected chi connectivity index (χ3v) is 2.81. The average molecular weight is 267 g/mol. The monoisotopic (exact) mass is 266 g/mol. The fraction of sp³-hybridized carbons (Fsp3) is 0.143. The number of benzene rings is 2. The Hall–Kier alpha value is -1.58. The summed E-state index contributed by atoms with van der Waals surface area (Å²) in [5, 5.41) is 9.56. The number of hydrogen-bond acceptors (Lipinski definition) is 2. The molecule has 2 aromatic rings. The van der Waals surface area contributed by atoms with Crippen molar-refractivity contribution < 1.29 is 14.2 Å². The quantitative estimate of drug-likeness (QED) is 0.907. The molecule has 0 amide bonds. The predicted molar refractivity (Wildman–Crippen MR) is 68.6 cm³/mol. The Labute approximate surface area is 110 Å². The van der Waals surface area contributed by atoms with E-state index in [4.69, 9.17) is 21.4 Å². The summed E-state index contributed by atoms with van der Waals surface area (Å²) in [7, 11) is 0. The van der Waals surface area contributed by atoms with Gasteiger partial charge in [-0.2, -0.15) is 0 Å². The first-order valence-corrected chi connectivity index (χ1v) is 5.82. The third kappa shape index (κ3) is 2.63. The fourth-order valence-electron chi connectivity index (χ4n) is 1.59. The van der Waals surface area contributed by atoms with Crippen molar-refractivity contribution >= 4 is 11.6 Å². The highest BCUT2D eigenvalue weighted by molar-refractivity contribution is 6.32. The van der Waals surface area contributed by atoms with E-state index in [1.807, 2.05) is 13.0 Å². The number of aryl methyl sites for hydroxylation is 1. The Bertz CT molecular complexity index is 570. The highest BCUT2D eigenvalue weighted by atomic mass is 35.5. The first-order chi connectivity index (χ1) is 8.61.